The Kier molecular flexibility index (Phi) is 7.53. The van der Waals surface area contributed by atoms with E-state index in [9.17, 15) is 9.59 Å². The van der Waals surface area contributed by atoms with E-state index in [0.717, 1.165) is 11.3 Å². The molecule has 2 N–H and O–H groups in total. The molecule has 0 aliphatic carbocycles. The lowest BCUT2D eigenvalue weighted by atomic mass is 10.1. The zero-order chi connectivity index (χ0) is 18.9. The third-order valence-corrected chi connectivity index (χ3v) is 4.71. The maximum atomic E-state index is 12.1. The van der Waals surface area contributed by atoms with Crippen LogP contribution in [0.3, 0.4) is 0 Å². The Morgan fingerprint density at radius 3 is 2.58 bits per heavy atom. The van der Waals surface area contributed by atoms with Gasteiger partial charge in [-0.1, -0.05) is 42.0 Å². The molecular weight excluding hydrogens is 350 g/mol. The lowest BCUT2D eigenvalue weighted by Crippen LogP contribution is -2.28. The Morgan fingerprint density at radius 2 is 1.92 bits per heavy atom. The average Bonchev–Trinajstić information content (AvgIpc) is 2.60. The van der Waals surface area contributed by atoms with Crippen LogP contribution in [0.4, 0.5) is 0 Å². The first kappa shape index (κ1) is 19.8. The molecule has 26 heavy (non-hydrogen) atoms. The fourth-order valence-corrected chi connectivity index (χ4v) is 3.21. The van der Waals surface area contributed by atoms with Crippen molar-refractivity contribution in [1.29, 1.82) is 0 Å². The first-order chi connectivity index (χ1) is 12.4. The number of carbonyl (C=O) groups excluding carboxylic acids is 1. The normalized spacial score (nSPS) is 11.6. The van der Waals surface area contributed by atoms with Crippen molar-refractivity contribution in [3.8, 4) is 5.75 Å². The number of amides is 1. The summed E-state index contributed by atoms with van der Waals surface area (Å²) >= 11 is 1.58. The van der Waals surface area contributed by atoms with Crippen molar-refractivity contribution in [2.45, 2.75) is 25.6 Å². The van der Waals surface area contributed by atoms with Crippen LogP contribution in [0, 0.1) is 6.92 Å². The molecule has 0 heterocycles. The molecular formula is C20H23NO4S. The van der Waals surface area contributed by atoms with Crippen LogP contribution in [0.1, 0.15) is 29.7 Å². The molecule has 6 heteroatoms. The Morgan fingerprint density at radius 1 is 1.19 bits per heavy atom. The van der Waals surface area contributed by atoms with Crippen LogP contribution in [-0.2, 0) is 15.3 Å². The predicted molar refractivity (Wildman–Crippen MR) is 103 cm³/mol. The minimum atomic E-state index is -1.02. The summed E-state index contributed by atoms with van der Waals surface area (Å²) in [5.74, 6) is 0.666. The van der Waals surface area contributed by atoms with Gasteiger partial charge in [-0.05, 0) is 37.1 Å². The number of nitrogens with one attached hydrogen (secondary N) is 1. The monoisotopic (exact) mass is 373 g/mol. The lowest BCUT2D eigenvalue weighted by Gasteiger charge is -2.15. The number of carbonyl (C=O) groups is 2. The Hall–Kier alpha value is -2.47. The van der Waals surface area contributed by atoms with Crippen LogP contribution < -0.4 is 10.1 Å². The average molecular weight is 373 g/mol. The molecule has 0 saturated carbocycles. The van der Waals surface area contributed by atoms with Crippen LogP contribution in [-0.4, -0.2) is 29.3 Å². The summed E-state index contributed by atoms with van der Waals surface area (Å²) < 4.78 is 5.10. The van der Waals surface area contributed by atoms with E-state index in [1.807, 2.05) is 25.1 Å². The number of ether oxygens (including phenoxy) is 1. The molecule has 2 aromatic rings. The molecule has 2 rings (SSSR count). The van der Waals surface area contributed by atoms with Crippen molar-refractivity contribution in [2.75, 3.05) is 12.4 Å². The Bertz CT molecular complexity index is 746. The molecule has 2 aromatic carbocycles. The van der Waals surface area contributed by atoms with E-state index in [1.54, 1.807) is 23.9 Å². The molecule has 0 fully saturated rings. The summed E-state index contributed by atoms with van der Waals surface area (Å²) in [7, 11) is 0. The van der Waals surface area contributed by atoms with E-state index in [1.165, 1.54) is 11.1 Å². The van der Waals surface area contributed by atoms with Gasteiger partial charge in [0, 0.05) is 5.75 Å². The maximum Gasteiger partial charge on any atom is 0.341 e. The minimum Gasteiger partial charge on any atom is -0.482 e. The van der Waals surface area contributed by atoms with E-state index < -0.39 is 5.97 Å². The van der Waals surface area contributed by atoms with Gasteiger partial charge in [0.25, 0.3) is 0 Å². The van der Waals surface area contributed by atoms with Crippen LogP contribution in [0.2, 0.25) is 0 Å². The summed E-state index contributed by atoms with van der Waals surface area (Å²) in [6, 6.07) is 15.2. The first-order valence-electron chi connectivity index (χ1n) is 8.31. The molecule has 0 spiro atoms. The van der Waals surface area contributed by atoms with Gasteiger partial charge in [-0.25, -0.2) is 4.79 Å². The van der Waals surface area contributed by atoms with E-state index >= 15 is 0 Å². The molecule has 1 unspecified atom stereocenters. The molecule has 0 aromatic heterocycles. The molecule has 0 radical (unpaired) electrons. The van der Waals surface area contributed by atoms with Crippen molar-refractivity contribution in [3.05, 3.63) is 65.2 Å². The van der Waals surface area contributed by atoms with Gasteiger partial charge in [0.2, 0.25) is 5.91 Å². The fourth-order valence-electron chi connectivity index (χ4n) is 2.43. The van der Waals surface area contributed by atoms with Crippen LogP contribution >= 0.6 is 11.8 Å². The molecule has 1 atom stereocenters. The fraction of sp³-hybridized carbons (Fsp3) is 0.300. The number of thioether (sulfide) groups is 1. The van der Waals surface area contributed by atoms with Crippen molar-refractivity contribution in [1.82, 2.24) is 5.32 Å². The summed E-state index contributed by atoms with van der Waals surface area (Å²) in [5.41, 5.74) is 3.37. The van der Waals surface area contributed by atoms with E-state index in [0.29, 0.717) is 11.5 Å². The summed E-state index contributed by atoms with van der Waals surface area (Å²) in [4.78, 5) is 22.6. The maximum absolute atomic E-state index is 12.1. The van der Waals surface area contributed by atoms with E-state index in [-0.39, 0.29) is 18.6 Å². The van der Waals surface area contributed by atoms with Gasteiger partial charge < -0.3 is 15.2 Å². The summed E-state index contributed by atoms with van der Waals surface area (Å²) in [5, 5.41) is 11.6. The highest BCUT2D eigenvalue weighted by Gasteiger charge is 2.10. The largest absolute Gasteiger partial charge is 0.482 e. The topological polar surface area (TPSA) is 75.6 Å². The zero-order valence-corrected chi connectivity index (χ0v) is 15.7. The second-order valence-corrected chi connectivity index (χ2v) is 7.01. The first-order valence-corrected chi connectivity index (χ1v) is 9.46. The van der Waals surface area contributed by atoms with Crippen molar-refractivity contribution >= 4 is 23.6 Å². The van der Waals surface area contributed by atoms with Gasteiger partial charge in [0.1, 0.15) is 5.75 Å². The standard InChI is InChI=1S/C20H23NO4S/c1-14-4-3-5-16(10-14)12-26-13-19(22)21-15(2)17-6-8-18(9-7-17)25-11-20(23)24/h3-10,15H,11-13H2,1-2H3,(H,21,22)(H,23,24). The van der Waals surface area contributed by atoms with Crippen molar-refractivity contribution < 1.29 is 19.4 Å². The second-order valence-electron chi connectivity index (χ2n) is 6.02. The predicted octanol–water partition coefficient (Wildman–Crippen LogP) is 3.57. The molecule has 1 amide bonds. The molecule has 5 nitrogen and oxygen atoms in total. The number of hydrogen-bond donors (Lipinski definition) is 2. The Balaban J connectivity index is 1.76. The van der Waals surface area contributed by atoms with Gasteiger partial charge in [0.05, 0.1) is 11.8 Å². The third-order valence-electron chi connectivity index (χ3n) is 3.70. The molecule has 138 valence electrons. The third kappa shape index (κ3) is 6.80. The summed E-state index contributed by atoms with van der Waals surface area (Å²) in [6.07, 6.45) is 0. The van der Waals surface area contributed by atoms with E-state index in [2.05, 4.69) is 30.4 Å². The number of hydrogen-bond acceptors (Lipinski definition) is 4. The van der Waals surface area contributed by atoms with Crippen LogP contribution in [0.5, 0.6) is 5.75 Å². The highest BCUT2D eigenvalue weighted by atomic mass is 32.2. The molecule has 0 aliphatic heterocycles. The zero-order valence-electron chi connectivity index (χ0n) is 14.9. The van der Waals surface area contributed by atoms with Gasteiger partial charge in [-0.15, -0.1) is 11.8 Å². The van der Waals surface area contributed by atoms with Gasteiger partial charge in [-0.2, -0.15) is 0 Å². The highest BCUT2D eigenvalue weighted by Crippen LogP contribution is 2.18. The number of aryl methyl sites for hydroxylation is 1. The molecule has 0 saturated heterocycles. The van der Waals surface area contributed by atoms with Gasteiger partial charge >= 0.3 is 5.97 Å². The highest BCUT2D eigenvalue weighted by molar-refractivity contribution is 7.99. The molecule has 0 aliphatic rings. The quantitative estimate of drug-likeness (QED) is 0.703. The van der Waals surface area contributed by atoms with Gasteiger partial charge in [0.15, 0.2) is 6.61 Å². The lowest BCUT2D eigenvalue weighted by molar-refractivity contribution is -0.139. The second kappa shape index (κ2) is 9.87. The van der Waals surface area contributed by atoms with Crippen LogP contribution in [0.15, 0.2) is 48.5 Å². The number of aliphatic carboxylic acids is 1. The Labute approximate surface area is 157 Å². The van der Waals surface area contributed by atoms with Crippen LogP contribution in [0.25, 0.3) is 0 Å². The molecule has 0 bridgehead atoms. The summed E-state index contributed by atoms with van der Waals surface area (Å²) in [6.45, 7) is 3.60. The van der Waals surface area contributed by atoms with Crippen molar-refractivity contribution in [3.63, 3.8) is 0 Å². The van der Waals surface area contributed by atoms with E-state index in [4.69, 9.17) is 9.84 Å². The van der Waals surface area contributed by atoms with Crippen molar-refractivity contribution in [2.24, 2.45) is 0 Å². The smallest absolute Gasteiger partial charge is 0.341 e. The number of carboxylic acid groups (broad SMARTS) is 1. The SMILES string of the molecule is Cc1cccc(CSCC(=O)NC(C)c2ccc(OCC(=O)O)cc2)c1. The van der Waals surface area contributed by atoms with Gasteiger partial charge in [-0.3, -0.25) is 4.79 Å². The number of carboxylic acids is 1. The minimum absolute atomic E-state index is 0.0126. The number of benzene rings is 2. The number of rotatable bonds is 9.